The number of hydrogen-bond acceptors (Lipinski definition) is 1. The van der Waals surface area contributed by atoms with Crippen LogP contribution in [0.5, 0.6) is 0 Å². The summed E-state index contributed by atoms with van der Waals surface area (Å²) in [7, 11) is 0.777. The molecule has 0 aromatic carbocycles. The molecule has 23 heavy (non-hydrogen) atoms. The van der Waals surface area contributed by atoms with Crippen LogP contribution in [-0.4, -0.2) is 31.0 Å². The Balaban J connectivity index is 2.68. The van der Waals surface area contributed by atoms with Crippen LogP contribution in [0.25, 0.3) is 10.2 Å². The van der Waals surface area contributed by atoms with Crippen molar-refractivity contribution in [2.45, 2.75) is 73.0 Å². The van der Waals surface area contributed by atoms with Gasteiger partial charge in [0.15, 0.2) is 0 Å². The molecule has 1 nitrogen and oxygen atoms in total. The van der Waals surface area contributed by atoms with Crippen LogP contribution in [0.4, 0.5) is 0 Å². The van der Waals surface area contributed by atoms with Gasteiger partial charge >= 0.3 is 153 Å². The van der Waals surface area contributed by atoms with E-state index in [1.54, 1.807) is 8.21 Å². The second-order valence-corrected chi connectivity index (χ2v) is 30.7. The van der Waals surface area contributed by atoms with Crippen molar-refractivity contribution < 1.29 is 0 Å². The van der Waals surface area contributed by atoms with Crippen LogP contribution in [0, 0.1) is 0 Å². The summed E-state index contributed by atoms with van der Waals surface area (Å²) in [6, 6.07) is 5.10. The minimum absolute atomic E-state index is 0.789. The molecule has 0 aliphatic carbocycles. The van der Waals surface area contributed by atoms with E-state index in [-0.39, 0.29) is 0 Å². The SMILES string of the molecule is CC(C)[Si](c1cc2c(c[c]([Sn]([CH3])([CH3])[CH3])n2C)s1)(C(C)C)C(C)C. The Morgan fingerprint density at radius 2 is 1.39 bits per heavy atom. The van der Waals surface area contributed by atoms with Gasteiger partial charge in [-0.25, -0.2) is 0 Å². The van der Waals surface area contributed by atoms with Crippen molar-refractivity contribution >= 4 is 56.2 Å². The number of aryl methyl sites for hydroxylation is 1. The van der Waals surface area contributed by atoms with Gasteiger partial charge in [-0.2, -0.15) is 0 Å². The first kappa shape index (κ1) is 19.6. The van der Waals surface area contributed by atoms with Gasteiger partial charge in [-0.15, -0.1) is 0 Å². The number of nitrogens with zero attached hydrogens (tertiary/aromatic N) is 1. The Morgan fingerprint density at radius 3 is 1.74 bits per heavy atom. The number of hydrogen-bond donors (Lipinski definition) is 0. The summed E-state index contributed by atoms with van der Waals surface area (Å²) in [5, 5.41) is 0. The zero-order valence-electron chi connectivity index (χ0n) is 16.7. The number of aromatic nitrogens is 1. The van der Waals surface area contributed by atoms with E-state index in [1.807, 2.05) is 0 Å². The van der Waals surface area contributed by atoms with E-state index >= 15 is 0 Å². The van der Waals surface area contributed by atoms with Gasteiger partial charge in [-0.05, 0) is 0 Å². The molecule has 0 fully saturated rings. The molecule has 130 valence electrons. The molecule has 0 saturated carbocycles. The molecule has 0 bridgehead atoms. The van der Waals surface area contributed by atoms with E-state index in [2.05, 4.69) is 91.4 Å². The summed E-state index contributed by atoms with van der Waals surface area (Å²) in [6.07, 6.45) is 0. The van der Waals surface area contributed by atoms with E-state index in [0.29, 0.717) is 0 Å². The van der Waals surface area contributed by atoms with Crippen molar-refractivity contribution in [1.29, 1.82) is 0 Å². The fraction of sp³-hybridized carbons (Fsp3) is 0.684. The van der Waals surface area contributed by atoms with Gasteiger partial charge in [0.2, 0.25) is 0 Å². The summed E-state index contributed by atoms with van der Waals surface area (Å²) in [5.41, 5.74) is 3.86. The third-order valence-corrected chi connectivity index (χ3v) is 20.5. The maximum absolute atomic E-state index is 2.58. The Kier molecular flexibility index (Phi) is 5.55. The minimum atomic E-state index is -2.03. The average Bonchev–Trinajstić information content (AvgIpc) is 2.88. The first-order chi connectivity index (χ1) is 10.4. The topological polar surface area (TPSA) is 4.93 Å². The molecule has 2 aromatic heterocycles. The molecule has 4 heteroatoms. The quantitative estimate of drug-likeness (QED) is 0.511. The first-order valence-electron chi connectivity index (χ1n) is 9.04. The molecular weight excluding hydrogens is 421 g/mol. The standard InChI is InChI=1S/C16H26NSSi.3CH3.Sn/c1-11(2)19(12(3)4,13(5)6)16-10-14-15(18-16)8-9-17(14)7;;;;/h8,10-13H,1-7H3;3*1H3;. The summed E-state index contributed by atoms with van der Waals surface area (Å²) in [5.74, 6) is 0. The van der Waals surface area contributed by atoms with Crippen molar-refractivity contribution in [2.24, 2.45) is 7.05 Å². The molecular formula is C19H35NSSiSn. The molecule has 0 amide bonds. The van der Waals surface area contributed by atoms with Gasteiger partial charge < -0.3 is 0 Å². The molecule has 0 aliphatic rings. The van der Waals surface area contributed by atoms with Crippen molar-refractivity contribution in [3.8, 4) is 0 Å². The number of rotatable bonds is 5. The summed E-state index contributed by atoms with van der Waals surface area (Å²) in [4.78, 5) is 7.55. The predicted molar refractivity (Wildman–Crippen MR) is 114 cm³/mol. The normalized spacial score (nSPS) is 14.0. The van der Waals surface area contributed by atoms with Crippen LogP contribution < -0.4 is 8.21 Å². The van der Waals surface area contributed by atoms with Gasteiger partial charge in [0.25, 0.3) is 0 Å². The van der Waals surface area contributed by atoms with Crippen molar-refractivity contribution in [3.63, 3.8) is 0 Å². The fourth-order valence-electron chi connectivity index (χ4n) is 4.90. The van der Waals surface area contributed by atoms with E-state index in [0.717, 1.165) is 16.6 Å². The Bertz CT molecular complexity index is 666. The molecule has 0 atom stereocenters. The van der Waals surface area contributed by atoms with Crippen molar-refractivity contribution in [1.82, 2.24) is 4.57 Å². The molecule has 2 heterocycles. The molecule has 0 radical (unpaired) electrons. The van der Waals surface area contributed by atoms with Crippen LogP contribution in [0.1, 0.15) is 41.5 Å². The molecule has 0 spiro atoms. The number of fused-ring (bicyclic) bond motifs is 1. The Labute approximate surface area is 152 Å². The van der Waals surface area contributed by atoms with Gasteiger partial charge in [0.1, 0.15) is 0 Å². The van der Waals surface area contributed by atoms with Gasteiger partial charge in [-0.1, -0.05) is 0 Å². The Morgan fingerprint density at radius 1 is 0.913 bits per heavy atom. The third kappa shape index (κ3) is 3.10. The predicted octanol–water partition coefficient (Wildman–Crippen LogP) is 5.67. The molecule has 2 aromatic rings. The van der Waals surface area contributed by atoms with Gasteiger partial charge in [0.05, 0.1) is 0 Å². The van der Waals surface area contributed by atoms with Crippen molar-refractivity contribution in [2.75, 3.05) is 0 Å². The zero-order valence-corrected chi connectivity index (χ0v) is 21.4. The third-order valence-electron chi connectivity index (χ3n) is 5.79. The molecule has 0 N–H and O–H groups in total. The van der Waals surface area contributed by atoms with E-state index in [9.17, 15) is 0 Å². The first-order valence-corrected chi connectivity index (χ1v) is 22.1. The average molecular weight is 456 g/mol. The van der Waals surface area contributed by atoms with Crippen molar-refractivity contribution in [3.05, 3.63) is 12.1 Å². The molecule has 0 saturated heterocycles. The molecule has 0 unspecified atom stereocenters. The van der Waals surface area contributed by atoms with E-state index < -0.39 is 26.5 Å². The number of thiophene rings is 1. The fourth-order valence-corrected chi connectivity index (χ4v) is 20.2. The monoisotopic (exact) mass is 457 g/mol. The van der Waals surface area contributed by atoms with Crippen LogP contribution in [0.15, 0.2) is 12.1 Å². The maximum atomic E-state index is 2.58. The van der Waals surface area contributed by atoms with Crippen LogP contribution in [-0.2, 0) is 7.05 Å². The summed E-state index contributed by atoms with van der Waals surface area (Å²) in [6.45, 7) is 14.8. The Hall–Kier alpha value is 0.256. The second-order valence-electron chi connectivity index (χ2n) is 9.10. The van der Waals surface area contributed by atoms with Gasteiger partial charge in [-0.3, -0.25) is 0 Å². The second kappa shape index (κ2) is 6.53. The van der Waals surface area contributed by atoms with E-state index in [4.69, 9.17) is 0 Å². The summed E-state index contributed by atoms with van der Waals surface area (Å²) >= 11 is 0.0861. The molecule has 0 aliphatic heterocycles. The zero-order chi connectivity index (χ0) is 17.7. The van der Waals surface area contributed by atoms with E-state index in [1.165, 1.54) is 10.2 Å². The molecule has 2 rings (SSSR count). The van der Waals surface area contributed by atoms with Crippen LogP contribution in [0.2, 0.25) is 31.4 Å². The van der Waals surface area contributed by atoms with Gasteiger partial charge in [0, 0.05) is 0 Å². The van der Waals surface area contributed by atoms with Crippen LogP contribution in [0.3, 0.4) is 0 Å². The van der Waals surface area contributed by atoms with Crippen LogP contribution >= 0.6 is 11.3 Å². The summed E-state index contributed by atoms with van der Waals surface area (Å²) < 4.78 is 7.43.